The molecule has 0 aliphatic carbocycles. The fraction of sp³-hybridized carbons (Fsp3) is 0.143. The molecule has 0 amide bonds. The van der Waals surface area contributed by atoms with Gasteiger partial charge in [0.1, 0.15) is 0 Å². The van der Waals surface area contributed by atoms with Crippen LogP contribution in [0.25, 0.3) is 0 Å². The Hall–Kier alpha value is -0.700. The van der Waals surface area contributed by atoms with E-state index in [4.69, 9.17) is 0 Å². The molecule has 82 valence electrons. The molecule has 0 nitrogen and oxygen atoms in total. The van der Waals surface area contributed by atoms with Crippen LogP contribution in [0.2, 0.25) is 0 Å². The highest BCUT2D eigenvalue weighted by atomic mass is 31.1. The fourth-order valence-electron chi connectivity index (χ4n) is 1.75. The number of hydrogen-bond acceptors (Lipinski definition) is 0. The van der Waals surface area contributed by atoms with Gasteiger partial charge in [0.15, 0.2) is 0 Å². The summed E-state index contributed by atoms with van der Waals surface area (Å²) in [6, 6.07) is 21.7. The maximum Gasteiger partial charge on any atom is -0.0195 e. The predicted octanol–water partition coefficient (Wildman–Crippen LogP) is 2.99. The maximum absolute atomic E-state index is 2.84. The molecule has 0 aliphatic heterocycles. The molecule has 0 N–H and O–H groups in total. The van der Waals surface area contributed by atoms with Crippen molar-refractivity contribution < 1.29 is 0 Å². The average Bonchev–Trinajstić information content (AvgIpc) is 2.38. The molecular formula is C14H16P2. The summed E-state index contributed by atoms with van der Waals surface area (Å²) in [5.41, 5.74) is 0. The molecule has 0 spiro atoms. The highest BCUT2D eigenvalue weighted by Gasteiger charge is 2.11. The zero-order chi connectivity index (χ0) is 11.2. The molecule has 1 unspecified atom stereocenters. The Balaban J connectivity index is 2.31. The van der Waals surface area contributed by atoms with E-state index in [1.165, 1.54) is 16.8 Å². The molecule has 1 atom stereocenters. The number of rotatable bonds is 4. The Labute approximate surface area is 101 Å². The minimum atomic E-state index is -0.172. The van der Waals surface area contributed by atoms with Gasteiger partial charge in [0, 0.05) is 0 Å². The zero-order valence-electron chi connectivity index (χ0n) is 9.21. The lowest BCUT2D eigenvalue weighted by atomic mass is 10.4. The van der Waals surface area contributed by atoms with Crippen molar-refractivity contribution in [2.75, 3.05) is 12.3 Å². The first-order valence-electron chi connectivity index (χ1n) is 5.49. The van der Waals surface area contributed by atoms with E-state index in [9.17, 15) is 0 Å². The van der Waals surface area contributed by atoms with Crippen molar-refractivity contribution in [2.45, 2.75) is 0 Å². The molecule has 0 aromatic heterocycles. The minimum absolute atomic E-state index is 0.172. The molecular weight excluding hydrogens is 230 g/mol. The van der Waals surface area contributed by atoms with Gasteiger partial charge >= 0.3 is 0 Å². The Bertz CT molecular complexity index is 372. The van der Waals surface area contributed by atoms with E-state index < -0.39 is 0 Å². The first kappa shape index (κ1) is 11.8. The zero-order valence-corrected chi connectivity index (χ0v) is 11.3. The van der Waals surface area contributed by atoms with Crippen LogP contribution in [0.15, 0.2) is 60.7 Å². The third-order valence-corrected chi connectivity index (χ3v) is 5.81. The van der Waals surface area contributed by atoms with Crippen molar-refractivity contribution >= 4 is 27.8 Å². The van der Waals surface area contributed by atoms with Gasteiger partial charge in [-0.3, -0.25) is 0 Å². The second-order valence-corrected chi connectivity index (χ2v) is 6.52. The molecule has 0 fully saturated rings. The Morgan fingerprint density at radius 3 is 1.56 bits per heavy atom. The summed E-state index contributed by atoms with van der Waals surface area (Å²) in [6.45, 7) is 0. The summed E-state index contributed by atoms with van der Waals surface area (Å²) in [4.78, 5) is 0. The van der Waals surface area contributed by atoms with Gasteiger partial charge in [0.2, 0.25) is 0 Å². The summed E-state index contributed by atoms with van der Waals surface area (Å²) >= 11 is 0. The van der Waals surface area contributed by atoms with Crippen LogP contribution in [-0.4, -0.2) is 12.3 Å². The van der Waals surface area contributed by atoms with Crippen LogP contribution in [0.5, 0.6) is 0 Å². The van der Waals surface area contributed by atoms with Gasteiger partial charge in [-0.25, -0.2) is 0 Å². The van der Waals surface area contributed by atoms with Gasteiger partial charge in [0.25, 0.3) is 0 Å². The molecule has 2 heteroatoms. The van der Waals surface area contributed by atoms with E-state index in [-0.39, 0.29) is 7.92 Å². The van der Waals surface area contributed by atoms with Crippen molar-refractivity contribution in [3.63, 3.8) is 0 Å². The Kier molecular flexibility index (Phi) is 4.52. The fourth-order valence-corrected chi connectivity index (χ4v) is 4.66. The van der Waals surface area contributed by atoms with Crippen molar-refractivity contribution in [3.8, 4) is 0 Å². The van der Waals surface area contributed by atoms with E-state index in [0.717, 1.165) is 6.16 Å². The first-order valence-corrected chi connectivity index (χ1v) is 7.84. The van der Waals surface area contributed by atoms with Gasteiger partial charge in [0.05, 0.1) is 0 Å². The molecule has 0 saturated carbocycles. The molecule has 0 aliphatic rings. The molecule has 16 heavy (non-hydrogen) atoms. The van der Waals surface area contributed by atoms with E-state index in [0.29, 0.717) is 0 Å². The Morgan fingerprint density at radius 2 is 1.19 bits per heavy atom. The lowest BCUT2D eigenvalue weighted by Crippen LogP contribution is -2.14. The third kappa shape index (κ3) is 2.91. The highest BCUT2D eigenvalue weighted by Crippen LogP contribution is 2.33. The second-order valence-electron chi connectivity index (χ2n) is 3.61. The van der Waals surface area contributed by atoms with Crippen LogP contribution in [0.1, 0.15) is 0 Å². The van der Waals surface area contributed by atoms with Crippen molar-refractivity contribution in [1.29, 1.82) is 0 Å². The molecule has 2 aromatic rings. The SMILES string of the molecule is PCCP(c1ccccc1)c1ccccc1. The molecule has 2 aromatic carbocycles. The average molecular weight is 246 g/mol. The lowest BCUT2D eigenvalue weighted by molar-refractivity contribution is 1.53. The molecule has 0 heterocycles. The molecule has 2 rings (SSSR count). The van der Waals surface area contributed by atoms with E-state index in [1.807, 2.05) is 0 Å². The largest absolute Gasteiger partial charge is 0.137 e. The monoisotopic (exact) mass is 246 g/mol. The second kappa shape index (κ2) is 6.14. The first-order chi connectivity index (χ1) is 7.92. The molecule has 0 bridgehead atoms. The van der Waals surface area contributed by atoms with E-state index >= 15 is 0 Å². The van der Waals surface area contributed by atoms with Gasteiger partial charge in [-0.2, -0.15) is 0 Å². The minimum Gasteiger partial charge on any atom is -0.137 e. The summed E-state index contributed by atoms with van der Waals surface area (Å²) in [5.74, 6) is 0. The number of hydrogen-bond donors (Lipinski definition) is 0. The Morgan fingerprint density at radius 1 is 0.750 bits per heavy atom. The summed E-state index contributed by atoms with van der Waals surface area (Å²) in [5, 5.41) is 2.96. The van der Waals surface area contributed by atoms with E-state index in [1.54, 1.807) is 0 Å². The van der Waals surface area contributed by atoms with Gasteiger partial charge < -0.3 is 0 Å². The molecule has 0 radical (unpaired) electrons. The quantitative estimate of drug-likeness (QED) is 0.727. The van der Waals surface area contributed by atoms with E-state index in [2.05, 4.69) is 69.9 Å². The number of benzene rings is 2. The van der Waals surface area contributed by atoms with Crippen LogP contribution in [0, 0.1) is 0 Å². The molecule has 0 saturated heterocycles. The van der Waals surface area contributed by atoms with Crippen molar-refractivity contribution in [1.82, 2.24) is 0 Å². The van der Waals surface area contributed by atoms with Gasteiger partial charge in [-0.1, -0.05) is 60.7 Å². The standard InChI is InChI=1S/C14H16P2/c15-11-12-16(13-7-3-1-4-8-13)14-9-5-2-6-10-14/h1-10H,11-12,15H2. The predicted molar refractivity (Wildman–Crippen MR) is 78.5 cm³/mol. The maximum atomic E-state index is 2.84. The van der Waals surface area contributed by atoms with Crippen molar-refractivity contribution in [3.05, 3.63) is 60.7 Å². The van der Waals surface area contributed by atoms with Crippen LogP contribution >= 0.6 is 17.2 Å². The normalized spacial score (nSPS) is 10.6. The van der Waals surface area contributed by atoms with Crippen LogP contribution in [0.4, 0.5) is 0 Å². The van der Waals surface area contributed by atoms with Gasteiger partial charge in [-0.05, 0) is 30.9 Å². The van der Waals surface area contributed by atoms with Crippen LogP contribution < -0.4 is 10.6 Å². The van der Waals surface area contributed by atoms with Gasteiger partial charge in [-0.15, -0.1) is 9.24 Å². The highest BCUT2D eigenvalue weighted by molar-refractivity contribution is 7.73. The third-order valence-electron chi connectivity index (χ3n) is 2.49. The topological polar surface area (TPSA) is 0 Å². The summed E-state index contributed by atoms with van der Waals surface area (Å²) in [7, 11) is 2.67. The smallest absolute Gasteiger partial charge is 0.0195 e. The summed E-state index contributed by atoms with van der Waals surface area (Å²) < 4.78 is 0. The van der Waals surface area contributed by atoms with Crippen molar-refractivity contribution in [2.24, 2.45) is 0 Å². The summed E-state index contributed by atoms with van der Waals surface area (Å²) in [6.07, 6.45) is 2.41. The van der Waals surface area contributed by atoms with Crippen LogP contribution in [-0.2, 0) is 0 Å². The lowest BCUT2D eigenvalue weighted by Gasteiger charge is -2.17. The van der Waals surface area contributed by atoms with Crippen LogP contribution in [0.3, 0.4) is 0 Å².